The van der Waals surface area contributed by atoms with Crippen LogP contribution in [0.1, 0.15) is 17.2 Å². The Balaban J connectivity index is 1.76. The fraction of sp³-hybridized carbons (Fsp3) is 0.263. The zero-order valence-electron chi connectivity index (χ0n) is 15.2. The van der Waals surface area contributed by atoms with Crippen LogP contribution in [0, 0.1) is 0 Å². The lowest BCUT2D eigenvalue weighted by molar-refractivity contribution is -0.124. The number of hydrogen-bond donors (Lipinski definition) is 1. The highest BCUT2D eigenvalue weighted by atomic mass is 16.5. The third-order valence-electron chi connectivity index (χ3n) is 4.20. The average molecular weight is 367 g/mol. The lowest BCUT2D eigenvalue weighted by atomic mass is 10.1. The second-order valence-corrected chi connectivity index (χ2v) is 5.87. The van der Waals surface area contributed by atoms with Gasteiger partial charge >= 0.3 is 0 Å². The van der Waals surface area contributed by atoms with Gasteiger partial charge in [0.05, 0.1) is 14.2 Å². The molecule has 0 spiro atoms. The van der Waals surface area contributed by atoms with Crippen LogP contribution in [-0.2, 0) is 17.8 Å². The van der Waals surface area contributed by atoms with Crippen LogP contribution in [0.3, 0.4) is 0 Å². The van der Waals surface area contributed by atoms with Gasteiger partial charge in [0.2, 0.25) is 5.91 Å². The minimum absolute atomic E-state index is 0.184. The monoisotopic (exact) mass is 367 g/mol. The second-order valence-electron chi connectivity index (χ2n) is 5.87. The quantitative estimate of drug-likeness (QED) is 0.653. The predicted molar refractivity (Wildman–Crippen MR) is 98.4 cm³/mol. The van der Waals surface area contributed by atoms with Crippen molar-refractivity contribution in [2.45, 2.75) is 19.0 Å². The number of rotatable bonds is 8. The second kappa shape index (κ2) is 8.79. The van der Waals surface area contributed by atoms with Gasteiger partial charge in [-0.15, -0.1) is 5.10 Å². The van der Waals surface area contributed by atoms with E-state index in [1.807, 2.05) is 48.5 Å². The minimum atomic E-state index is -0.556. The van der Waals surface area contributed by atoms with Gasteiger partial charge < -0.3 is 14.8 Å². The Bertz CT molecular complexity index is 868. The number of ether oxygens (including phenoxy) is 2. The van der Waals surface area contributed by atoms with Crippen LogP contribution in [0.15, 0.2) is 54.9 Å². The molecule has 140 valence electrons. The van der Waals surface area contributed by atoms with Crippen molar-refractivity contribution < 1.29 is 14.3 Å². The Hall–Kier alpha value is -3.42. The number of para-hydroxylation sites is 1. The first-order valence-corrected chi connectivity index (χ1v) is 8.47. The van der Waals surface area contributed by atoms with Crippen LogP contribution < -0.4 is 14.8 Å². The first kappa shape index (κ1) is 18.4. The van der Waals surface area contributed by atoms with Gasteiger partial charge in [-0.2, -0.15) is 0 Å². The summed E-state index contributed by atoms with van der Waals surface area (Å²) in [5, 5.41) is 14.1. The minimum Gasteiger partial charge on any atom is -0.493 e. The smallest absolute Gasteiger partial charge is 0.245 e. The normalized spacial score (nSPS) is 11.6. The molecule has 3 rings (SSSR count). The van der Waals surface area contributed by atoms with Crippen molar-refractivity contribution in [2.75, 3.05) is 14.2 Å². The van der Waals surface area contributed by atoms with E-state index in [1.54, 1.807) is 14.2 Å². The number of methoxy groups -OCH3 is 2. The Morgan fingerprint density at radius 3 is 2.59 bits per heavy atom. The predicted octanol–water partition coefficient (Wildman–Crippen LogP) is 1.79. The summed E-state index contributed by atoms with van der Waals surface area (Å²) < 4.78 is 12.2. The molecule has 1 amide bonds. The van der Waals surface area contributed by atoms with E-state index in [2.05, 4.69) is 20.8 Å². The maximum absolute atomic E-state index is 12.9. The van der Waals surface area contributed by atoms with Gasteiger partial charge in [-0.1, -0.05) is 42.5 Å². The maximum Gasteiger partial charge on any atom is 0.245 e. The number of hydrogen-bond acceptors (Lipinski definition) is 6. The molecule has 0 aliphatic rings. The van der Waals surface area contributed by atoms with Gasteiger partial charge in [0.1, 0.15) is 12.4 Å². The number of carbonyl (C=O) groups excluding carboxylic acids is 1. The molecule has 1 N–H and O–H groups in total. The summed E-state index contributed by atoms with van der Waals surface area (Å²) in [4.78, 5) is 12.9. The third-order valence-corrected chi connectivity index (χ3v) is 4.20. The Morgan fingerprint density at radius 2 is 1.93 bits per heavy atom. The van der Waals surface area contributed by atoms with Gasteiger partial charge in [-0.3, -0.25) is 4.79 Å². The van der Waals surface area contributed by atoms with Crippen molar-refractivity contribution in [3.63, 3.8) is 0 Å². The fourth-order valence-corrected chi connectivity index (χ4v) is 2.85. The summed E-state index contributed by atoms with van der Waals surface area (Å²) in [6.45, 7) is 0.298. The molecule has 0 radical (unpaired) electrons. The summed E-state index contributed by atoms with van der Waals surface area (Å²) in [6, 6.07) is 14.7. The molecule has 2 aromatic carbocycles. The van der Waals surface area contributed by atoms with E-state index in [1.165, 1.54) is 11.0 Å². The molecule has 1 atom stereocenters. The highest BCUT2D eigenvalue weighted by Crippen LogP contribution is 2.30. The summed E-state index contributed by atoms with van der Waals surface area (Å²) in [5.74, 6) is 1.03. The summed E-state index contributed by atoms with van der Waals surface area (Å²) in [7, 11) is 3.15. The molecule has 8 heteroatoms. The topological polar surface area (TPSA) is 91.2 Å². The number of nitrogens with one attached hydrogen (secondary N) is 1. The van der Waals surface area contributed by atoms with Crippen molar-refractivity contribution >= 4 is 5.91 Å². The van der Waals surface area contributed by atoms with Crippen molar-refractivity contribution in [3.05, 3.63) is 66.0 Å². The molecular weight excluding hydrogens is 346 g/mol. The van der Waals surface area contributed by atoms with E-state index in [9.17, 15) is 4.79 Å². The summed E-state index contributed by atoms with van der Waals surface area (Å²) in [5.41, 5.74) is 1.84. The highest BCUT2D eigenvalue weighted by molar-refractivity contribution is 5.80. The van der Waals surface area contributed by atoms with Crippen molar-refractivity contribution in [2.24, 2.45) is 0 Å². The molecule has 27 heavy (non-hydrogen) atoms. The number of benzene rings is 2. The van der Waals surface area contributed by atoms with Crippen LogP contribution in [0.5, 0.6) is 11.5 Å². The van der Waals surface area contributed by atoms with Crippen molar-refractivity contribution in [1.82, 2.24) is 25.5 Å². The van der Waals surface area contributed by atoms with Gasteiger partial charge in [0.15, 0.2) is 11.5 Å². The molecule has 0 bridgehead atoms. The molecule has 0 saturated heterocycles. The number of nitrogens with zero attached hydrogens (tertiary/aromatic N) is 4. The highest BCUT2D eigenvalue weighted by Gasteiger charge is 2.22. The summed E-state index contributed by atoms with van der Waals surface area (Å²) >= 11 is 0. The van der Waals surface area contributed by atoms with Crippen LogP contribution >= 0.6 is 0 Å². The zero-order valence-corrected chi connectivity index (χ0v) is 15.2. The fourth-order valence-electron chi connectivity index (χ4n) is 2.85. The average Bonchev–Trinajstić information content (AvgIpc) is 3.25. The van der Waals surface area contributed by atoms with Crippen LogP contribution in [0.4, 0.5) is 0 Å². The molecular formula is C19H21N5O3. The van der Waals surface area contributed by atoms with Crippen LogP contribution in [-0.4, -0.2) is 40.3 Å². The SMILES string of the molecule is COc1cccc(CNC(=O)C(Cc2ccccc2)n2cnnn2)c1OC. The first-order valence-electron chi connectivity index (χ1n) is 8.47. The molecule has 0 aliphatic heterocycles. The molecule has 3 aromatic rings. The van der Waals surface area contributed by atoms with E-state index in [4.69, 9.17) is 9.47 Å². The van der Waals surface area contributed by atoms with E-state index >= 15 is 0 Å². The molecule has 1 heterocycles. The van der Waals surface area contributed by atoms with Gasteiger partial charge in [-0.25, -0.2) is 4.68 Å². The lowest BCUT2D eigenvalue weighted by Gasteiger charge is -2.18. The number of aromatic nitrogens is 4. The van der Waals surface area contributed by atoms with E-state index < -0.39 is 6.04 Å². The maximum atomic E-state index is 12.9. The van der Waals surface area contributed by atoms with Crippen molar-refractivity contribution in [1.29, 1.82) is 0 Å². The summed E-state index contributed by atoms with van der Waals surface area (Å²) in [6.07, 6.45) is 1.92. The van der Waals surface area contributed by atoms with E-state index in [0.29, 0.717) is 24.5 Å². The number of carbonyl (C=O) groups is 1. The van der Waals surface area contributed by atoms with Gasteiger partial charge in [0, 0.05) is 18.5 Å². The molecule has 0 saturated carbocycles. The largest absolute Gasteiger partial charge is 0.493 e. The van der Waals surface area contributed by atoms with Crippen LogP contribution in [0.25, 0.3) is 0 Å². The Labute approximate surface area is 157 Å². The standard InChI is InChI=1S/C19H21N5O3/c1-26-17-10-6-9-15(18(17)27-2)12-20-19(25)16(24-13-21-22-23-24)11-14-7-4-3-5-8-14/h3-10,13,16H,11-12H2,1-2H3,(H,20,25). The lowest BCUT2D eigenvalue weighted by Crippen LogP contribution is -2.34. The molecule has 0 fully saturated rings. The zero-order chi connectivity index (χ0) is 19.1. The van der Waals surface area contributed by atoms with Crippen molar-refractivity contribution in [3.8, 4) is 11.5 Å². The number of amides is 1. The molecule has 1 aromatic heterocycles. The van der Waals surface area contributed by atoms with E-state index in [0.717, 1.165) is 11.1 Å². The van der Waals surface area contributed by atoms with Gasteiger partial charge in [-0.05, 0) is 22.1 Å². The van der Waals surface area contributed by atoms with Crippen LogP contribution in [0.2, 0.25) is 0 Å². The molecule has 8 nitrogen and oxygen atoms in total. The first-order chi connectivity index (χ1) is 13.2. The Morgan fingerprint density at radius 1 is 1.11 bits per heavy atom. The third kappa shape index (κ3) is 4.41. The number of tetrazole rings is 1. The van der Waals surface area contributed by atoms with Gasteiger partial charge in [0.25, 0.3) is 0 Å². The Kier molecular flexibility index (Phi) is 5.98. The molecule has 1 unspecified atom stereocenters. The van der Waals surface area contributed by atoms with E-state index in [-0.39, 0.29) is 5.91 Å². The molecule has 0 aliphatic carbocycles.